The monoisotopic (exact) mass is 398 g/mol. The molecule has 0 unspecified atom stereocenters. The average molecular weight is 398 g/mol. The van der Waals surface area contributed by atoms with Gasteiger partial charge in [0, 0.05) is 0 Å². The number of nitrogens with zero attached hydrogens (tertiary/aromatic N) is 5. The molecule has 0 radical (unpaired) electrons. The summed E-state index contributed by atoms with van der Waals surface area (Å²) < 4.78 is 3.24. The summed E-state index contributed by atoms with van der Waals surface area (Å²) in [5.41, 5.74) is 6.76. The maximum Gasteiger partial charge on any atom is 0.184 e. The second-order valence-corrected chi connectivity index (χ2v) is 8.39. The van der Waals surface area contributed by atoms with Crippen LogP contribution in [0, 0.1) is 0 Å². The standard InChI is InChI=1S/C22H18N6S/c1-2-4-16-15(3-1)6-8-17(16)26-22-27-18-7-5-14(9-20(18)29-22)11-28-13-25-19-10-23-12-24-21(19)28/h1-5,7,9-10,12-13,17H,6,8,11H2,(H,26,27)/t17-/m0/s1. The molecular weight excluding hydrogens is 380 g/mol. The van der Waals surface area contributed by atoms with Crippen LogP contribution in [0.2, 0.25) is 0 Å². The van der Waals surface area contributed by atoms with Crippen molar-refractivity contribution in [3.05, 3.63) is 78.0 Å². The molecule has 2 aromatic carbocycles. The van der Waals surface area contributed by atoms with Crippen LogP contribution in [0.1, 0.15) is 29.2 Å². The van der Waals surface area contributed by atoms with Gasteiger partial charge in [-0.1, -0.05) is 41.7 Å². The van der Waals surface area contributed by atoms with E-state index in [9.17, 15) is 0 Å². The molecule has 3 aromatic heterocycles. The molecule has 1 atom stereocenters. The number of hydrogen-bond donors (Lipinski definition) is 1. The molecule has 6 rings (SSSR count). The molecule has 7 heteroatoms. The summed E-state index contributed by atoms with van der Waals surface area (Å²) in [5, 5.41) is 4.64. The smallest absolute Gasteiger partial charge is 0.184 e. The summed E-state index contributed by atoms with van der Waals surface area (Å²) in [6, 6.07) is 15.5. The maximum atomic E-state index is 4.80. The molecule has 0 saturated heterocycles. The summed E-state index contributed by atoms with van der Waals surface area (Å²) in [7, 11) is 0. The lowest BCUT2D eigenvalue weighted by atomic mass is 10.1. The number of thiazole rings is 1. The Kier molecular flexibility index (Phi) is 3.80. The molecule has 29 heavy (non-hydrogen) atoms. The van der Waals surface area contributed by atoms with E-state index in [-0.39, 0.29) is 0 Å². The van der Waals surface area contributed by atoms with Gasteiger partial charge in [0.1, 0.15) is 11.8 Å². The Labute approximate surface area is 171 Å². The van der Waals surface area contributed by atoms with E-state index in [0.29, 0.717) is 6.04 Å². The molecule has 3 heterocycles. The average Bonchev–Trinajstić information content (AvgIpc) is 3.46. The van der Waals surface area contributed by atoms with E-state index in [1.165, 1.54) is 21.4 Å². The maximum absolute atomic E-state index is 4.80. The summed E-state index contributed by atoms with van der Waals surface area (Å²) in [6.07, 6.45) is 7.37. The first kappa shape index (κ1) is 16.6. The molecule has 0 bridgehead atoms. The van der Waals surface area contributed by atoms with Gasteiger partial charge < -0.3 is 9.88 Å². The van der Waals surface area contributed by atoms with Crippen molar-refractivity contribution in [1.29, 1.82) is 0 Å². The molecule has 0 aliphatic heterocycles. The molecule has 142 valence electrons. The molecule has 0 spiro atoms. The van der Waals surface area contributed by atoms with Crippen molar-refractivity contribution in [1.82, 2.24) is 24.5 Å². The van der Waals surface area contributed by atoms with E-state index in [2.05, 4.69) is 62.7 Å². The van der Waals surface area contributed by atoms with Crippen LogP contribution in [0.5, 0.6) is 0 Å². The Morgan fingerprint density at radius 1 is 1.10 bits per heavy atom. The van der Waals surface area contributed by atoms with Crippen LogP contribution < -0.4 is 5.32 Å². The normalized spacial score (nSPS) is 15.8. The fraction of sp³-hybridized carbons (Fsp3) is 0.182. The van der Waals surface area contributed by atoms with Crippen molar-refractivity contribution >= 4 is 37.8 Å². The quantitative estimate of drug-likeness (QED) is 0.480. The van der Waals surface area contributed by atoms with Gasteiger partial charge in [-0.3, -0.25) is 0 Å². The number of imidazole rings is 1. The van der Waals surface area contributed by atoms with Gasteiger partial charge in [0.15, 0.2) is 10.8 Å². The Bertz CT molecular complexity index is 1340. The first-order chi connectivity index (χ1) is 14.3. The molecule has 1 N–H and O–H groups in total. The summed E-state index contributed by atoms with van der Waals surface area (Å²) >= 11 is 1.72. The highest BCUT2D eigenvalue weighted by atomic mass is 32.1. The van der Waals surface area contributed by atoms with Gasteiger partial charge in [-0.2, -0.15) is 0 Å². The van der Waals surface area contributed by atoms with Gasteiger partial charge in [0.2, 0.25) is 0 Å². The Hall–Kier alpha value is -3.32. The third-order valence-electron chi connectivity index (χ3n) is 5.52. The molecule has 1 aliphatic rings. The largest absolute Gasteiger partial charge is 0.355 e. The van der Waals surface area contributed by atoms with Crippen LogP contribution in [0.25, 0.3) is 21.4 Å². The molecule has 6 nitrogen and oxygen atoms in total. The highest BCUT2D eigenvalue weighted by molar-refractivity contribution is 7.22. The number of fused-ring (bicyclic) bond motifs is 3. The van der Waals surface area contributed by atoms with Crippen LogP contribution in [0.4, 0.5) is 5.13 Å². The number of nitrogens with one attached hydrogen (secondary N) is 1. The van der Waals surface area contributed by atoms with Crippen molar-refractivity contribution in [2.24, 2.45) is 0 Å². The summed E-state index contributed by atoms with van der Waals surface area (Å²) in [6.45, 7) is 0.722. The van der Waals surface area contributed by atoms with Crippen molar-refractivity contribution in [3.63, 3.8) is 0 Å². The zero-order valence-electron chi connectivity index (χ0n) is 15.6. The van der Waals surface area contributed by atoms with Crippen LogP contribution in [0.15, 0.2) is 61.3 Å². The fourth-order valence-electron chi connectivity index (χ4n) is 4.11. The van der Waals surface area contributed by atoms with Crippen LogP contribution in [-0.4, -0.2) is 24.5 Å². The minimum atomic E-state index is 0.350. The van der Waals surface area contributed by atoms with Gasteiger partial charge in [0.05, 0.1) is 35.3 Å². The van der Waals surface area contributed by atoms with Gasteiger partial charge in [-0.25, -0.2) is 19.9 Å². The van der Waals surface area contributed by atoms with Crippen LogP contribution >= 0.6 is 11.3 Å². The predicted octanol–water partition coefficient (Wildman–Crippen LogP) is 4.58. The lowest BCUT2D eigenvalue weighted by molar-refractivity contribution is 0.761. The van der Waals surface area contributed by atoms with Crippen LogP contribution in [0.3, 0.4) is 0 Å². The van der Waals surface area contributed by atoms with E-state index in [1.807, 2.05) is 10.9 Å². The van der Waals surface area contributed by atoms with E-state index in [0.717, 1.165) is 41.2 Å². The number of aromatic nitrogens is 5. The number of anilines is 1. The predicted molar refractivity (Wildman–Crippen MR) is 115 cm³/mol. The van der Waals surface area contributed by atoms with Crippen molar-refractivity contribution in [2.75, 3.05) is 5.32 Å². The summed E-state index contributed by atoms with van der Waals surface area (Å²) in [5.74, 6) is 0. The van der Waals surface area contributed by atoms with E-state index >= 15 is 0 Å². The summed E-state index contributed by atoms with van der Waals surface area (Å²) in [4.78, 5) is 17.6. The molecule has 0 saturated carbocycles. The minimum absolute atomic E-state index is 0.350. The topological polar surface area (TPSA) is 68.5 Å². The molecule has 0 amide bonds. The van der Waals surface area contributed by atoms with Gasteiger partial charge in [-0.05, 0) is 41.7 Å². The van der Waals surface area contributed by atoms with Gasteiger partial charge >= 0.3 is 0 Å². The Morgan fingerprint density at radius 3 is 3.07 bits per heavy atom. The molecule has 0 fully saturated rings. The number of aryl methyl sites for hydroxylation is 1. The van der Waals surface area contributed by atoms with E-state index < -0.39 is 0 Å². The third kappa shape index (κ3) is 2.94. The third-order valence-corrected chi connectivity index (χ3v) is 6.47. The molecule has 1 aliphatic carbocycles. The molecular formula is C22H18N6S. The zero-order chi connectivity index (χ0) is 19.2. The Morgan fingerprint density at radius 2 is 2.07 bits per heavy atom. The SMILES string of the molecule is c1ccc2c(c1)CC[C@@H]2Nc1nc2ccc(Cn3cnc4cncnc43)cc2s1. The first-order valence-corrected chi connectivity index (χ1v) is 10.5. The lowest BCUT2D eigenvalue weighted by Gasteiger charge is -2.12. The number of benzene rings is 2. The van der Waals surface area contributed by atoms with E-state index in [1.54, 1.807) is 23.9 Å². The number of rotatable bonds is 4. The second kappa shape index (κ2) is 6.63. The van der Waals surface area contributed by atoms with Crippen molar-refractivity contribution in [3.8, 4) is 0 Å². The second-order valence-electron chi connectivity index (χ2n) is 7.36. The zero-order valence-corrected chi connectivity index (χ0v) is 16.4. The Balaban J connectivity index is 1.27. The van der Waals surface area contributed by atoms with Gasteiger partial charge in [0.25, 0.3) is 0 Å². The minimum Gasteiger partial charge on any atom is -0.355 e. The lowest BCUT2D eigenvalue weighted by Crippen LogP contribution is -2.06. The van der Waals surface area contributed by atoms with Crippen molar-refractivity contribution in [2.45, 2.75) is 25.4 Å². The highest BCUT2D eigenvalue weighted by Gasteiger charge is 2.22. The van der Waals surface area contributed by atoms with Crippen LogP contribution in [-0.2, 0) is 13.0 Å². The van der Waals surface area contributed by atoms with Gasteiger partial charge in [-0.15, -0.1) is 0 Å². The van der Waals surface area contributed by atoms with E-state index in [4.69, 9.17) is 4.98 Å². The number of hydrogen-bond acceptors (Lipinski definition) is 6. The molecule has 5 aromatic rings. The van der Waals surface area contributed by atoms with Crippen molar-refractivity contribution < 1.29 is 0 Å². The fourth-order valence-corrected chi connectivity index (χ4v) is 5.09. The highest BCUT2D eigenvalue weighted by Crippen LogP contribution is 2.36. The first-order valence-electron chi connectivity index (χ1n) is 9.68.